The molecule has 3 aromatic carbocycles. The number of benzene rings is 3. The fourth-order valence-electron chi connectivity index (χ4n) is 3.80. The predicted molar refractivity (Wildman–Crippen MR) is 149 cm³/mol. The van der Waals surface area contributed by atoms with Gasteiger partial charge in [0, 0.05) is 26.9 Å². The van der Waals surface area contributed by atoms with Crippen LogP contribution in [-0.2, 0) is 11.9 Å². The van der Waals surface area contributed by atoms with E-state index in [0.717, 1.165) is 22.3 Å². The van der Waals surface area contributed by atoms with Crippen LogP contribution in [-0.4, -0.2) is 17.9 Å². The summed E-state index contributed by atoms with van der Waals surface area (Å²) in [4.78, 5) is 16.4. The second kappa shape index (κ2) is 12.3. The van der Waals surface area contributed by atoms with Crippen LogP contribution < -0.4 is 4.74 Å². The van der Waals surface area contributed by atoms with E-state index in [1.807, 2.05) is 12.1 Å². The number of halogens is 4. The van der Waals surface area contributed by atoms with Gasteiger partial charge in [0.05, 0.1) is 12.7 Å². The van der Waals surface area contributed by atoms with Crippen LogP contribution in [0.3, 0.4) is 0 Å². The number of rotatable bonds is 8. The van der Waals surface area contributed by atoms with E-state index < -0.39 is 11.9 Å². The highest BCUT2D eigenvalue weighted by atomic mass is 79.9. The summed E-state index contributed by atoms with van der Waals surface area (Å²) in [6, 6.07) is 23.7. The number of alkyl halides is 3. The monoisotopic (exact) mass is 608 g/mol. The molecular weight excluding hydrogens is 589 g/mol. The average molecular weight is 609 g/mol. The molecule has 0 N–H and O–H groups in total. The molecule has 0 spiro atoms. The fourth-order valence-corrected chi connectivity index (χ4v) is 5.18. The minimum Gasteiger partial charge on any atom is -0.496 e. The van der Waals surface area contributed by atoms with E-state index in [1.165, 1.54) is 13.2 Å². The molecule has 0 fully saturated rings. The van der Waals surface area contributed by atoms with Gasteiger partial charge >= 0.3 is 6.18 Å². The molecule has 0 saturated carbocycles. The molecule has 1 aromatic heterocycles. The Hall–Kier alpha value is -3.87. The number of ketones is 1. The third kappa shape index (κ3) is 6.96. The van der Waals surface area contributed by atoms with Crippen molar-refractivity contribution in [3.8, 4) is 22.9 Å². The molecule has 0 bridgehead atoms. The number of ether oxygens (including phenoxy) is 1. The van der Waals surface area contributed by atoms with Gasteiger partial charge in [-0.15, -0.1) is 11.8 Å². The Morgan fingerprint density at radius 3 is 2.51 bits per heavy atom. The number of thioether (sulfide) groups is 1. The van der Waals surface area contributed by atoms with Gasteiger partial charge in [-0.25, -0.2) is 4.98 Å². The maximum atomic E-state index is 13.7. The van der Waals surface area contributed by atoms with Gasteiger partial charge in [-0.2, -0.15) is 18.4 Å². The number of methoxy groups -OCH3 is 1. The van der Waals surface area contributed by atoms with Crippen molar-refractivity contribution in [3.05, 3.63) is 117 Å². The van der Waals surface area contributed by atoms with Gasteiger partial charge in [0.15, 0.2) is 5.78 Å². The summed E-state index contributed by atoms with van der Waals surface area (Å²) in [7, 11) is 1.49. The molecule has 1 heterocycles. The smallest absolute Gasteiger partial charge is 0.433 e. The molecule has 0 aliphatic heterocycles. The lowest BCUT2D eigenvalue weighted by atomic mass is 10.0. The van der Waals surface area contributed by atoms with Crippen molar-refractivity contribution in [2.24, 2.45) is 0 Å². The standard InChI is InChI=1S/C30H20BrF3N2O2S/c1-38-27-13-11-19(10-12-26(37)21-8-5-9-23(31)15-21)14-22(27)18-39-29-25(17-35)24(20-6-3-2-4-7-20)16-28(36-29)30(32,33)34/h2-16H,18H2,1H3/b12-10+. The number of nitriles is 1. The zero-order valence-electron chi connectivity index (χ0n) is 20.5. The van der Waals surface area contributed by atoms with Crippen molar-refractivity contribution in [3.63, 3.8) is 0 Å². The maximum absolute atomic E-state index is 13.7. The van der Waals surface area contributed by atoms with Crippen LogP contribution in [0.2, 0.25) is 0 Å². The molecule has 4 rings (SSSR count). The van der Waals surface area contributed by atoms with Crippen molar-refractivity contribution in [1.29, 1.82) is 5.26 Å². The molecule has 0 atom stereocenters. The lowest BCUT2D eigenvalue weighted by molar-refractivity contribution is -0.141. The lowest BCUT2D eigenvalue weighted by Crippen LogP contribution is -2.10. The first-order valence-corrected chi connectivity index (χ1v) is 13.3. The van der Waals surface area contributed by atoms with Gasteiger partial charge in [0.25, 0.3) is 0 Å². The van der Waals surface area contributed by atoms with Gasteiger partial charge in [-0.05, 0) is 47.5 Å². The summed E-state index contributed by atoms with van der Waals surface area (Å²) in [5.74, 6) is 0.525. The van der Waals surface area contributed by atoms with Crippen LogP contribution in [0.4, 0.5) is 13.2 Å². The van der Waals surface area contributed by atoms with Crippen molar-refractivity contribution < 1.29 is 22.7 Å². The zero-order chi connectivity index (χ0) is 28.0. The molecule has 0 aliphatic rings. The maximum Gasteiger partial charge on any atom is 0.433 e. The number of pyridine rings is 1. The number of carbonyl (C=O) groups is 1. The van der Waals surface area contributed by atoms with E-state index in [0.29, 0.717) is 28.0 Å². The quantitative estimate of drug-likeness (QED) is 0.114. The normalized spacial score (nSPS) is 11.4. The Kier molecular flexibility index (Phi) is 8.90. The average Bonchev–Trinajstić information content (AvgIpc) is 2.94. The van der Waals surface area contributed by atoms with Crippen molar-refractivity contribution >= 4 is 39.6 Å². The first kappa shape index (κ1) is 28.1. The Morgan fingerprint density at radius 1 is 1.08 bits per heavy atom. The zero-order valence-corrected chi connectivity index (χ0v) is 22.9. The summed E-state index contributed by atoms with van der Waals surface area (Å²) < 4.78 is 47.4. The van der Waals surface area contributed by atoms with Gasteiger partial charge in [0.1, 0.15) is 22.5 Å². The van der Waals surface area contributed by atoms with Crippen LogP contribution >= 0.6 is 27.7 Å². The number of hydrogen-bond donors (Lipinski definition) is 0. The second-order valence-electron chi connectivity index (χ2n) is 8.28. The van der Waals surface area contributed by atoms with Gasteiger partial charge in [0.2, 0.25) is 0 Å². The molecule has 4 nitrogen and oxygen atoms in total. The predicted octanol–water partition coefficient (Wildman–Crippen LogP) is 8.60. The molecule has 4 aromatic rings. The minimum atomic E-state index is -4.68. The van der Waals surface area contributed by atoms with E-state index >= 15 is 0 Å². The lowest BCUT2D eigenvalue weighted by Gasteiger charge is -2.15. The van der Waals surface area contributed by atoms with Crippen LogP contribution in [0.1, 0.15) is 32.7 Å². The highest BCUT2D eigenvalue weighted by molar-refractivity contribution is 9.10. The second-order valence-corrected chi connectivity index (χ2v) is 10.2. The Balaban J connectivity index is 1.65. The van der Waals surface area contributed by atoms with Crippen LogP contribution in [0.15, 0.2) is 94.4 Å². The fraction of sp³-hybridized carbons (Fsp3) is 0.100. The molecule has 196 valence electrons. The van der Waals surface area contributed by atoms with E-state index in [2.05, 4.69) is 20.9 Å². The SMILES string of the molecule is COc1ccc(/C=C/C(=O)c2cccc(Br)c2)cc1CSc1nc(C(F)(F)F)cc(-c2ccccc2)c1C#N. The van der Waals surface area contributed by atoms with Gasteiger partial charge in [-0.3, -0.25) is 4.79 Å². The van der Waals surface area contributed by atoms with E-state index in [1.54, 1.807) is 72.8 Å². The van der Waals surface area contributed by atoms with Crippen molar-refractivity contribution in [1.82, 2.24) is 4.98 Å². The highest BCUT2D eigenvalue weighted by Crippen LogP contribution is 2.38. The summed E-state index contributed by atoms with van der Waals surface area (Å²) in [5, 5.41) is 9.85. The molecule has 0 amide bonds. The number of hydrogen-bond acceptors (Lipinski definition) is 5. The highest BCUT2D eigenvalue weighted by Gasteiger charge is 2.34. The van der Waals surface area contributed by atoms with Crippen molar-refractivity contribution in [2.75, 3.05) is 7.11 Å². The Bertz CT molecular complexity index is 1580. The molecule has 0 aliphatic carbocycles. The first-order chi connectivity index (χ1) is 18.7. The summed E-state index contributed by atoms with van der Waals surface area (Å²) in [5.41, 5.74) is 1.55. The van der Waals surface area contributed by atoms with E-state index in [-0.39, 0.29) is 27.7 Å². The minimum absolute atomic E-state index is 0.0287. The Morgan fingerprint density at radius 2 is 1.85 bits per heavy atom. The Labute approximate surface area is 236 Å². The number of carbonyl (C=O) groups excluding carboxylic acids is 1. The molecule has 0 unspecified atom stereocenters. The molecule has 0 saturated heterocycles. The largest absolute Gasteiger partial charge is 0.496 e. The molecule has 9 heteroatoms. The summed E-state index contributed by atoms with van der Waals surface area (Å²) >= 11 is 4.37. The van der Waals surface area contributed by atoms with Crippen LogP contribution in [0, 0.1) is 11.3 Å². The number of aromatic nitrogens is 1. The van der Waals surface area contributed by atoms with E-state index in [9.17, 15) is 23.2 Å². The first-order valence-electron chi connectivity index (χ1n) is 11.5. The molecular formula is C30H20BrF3N2O2S. The molecule has 39 heavy (non-hydrogen) atoms. The van der Waals surface area contributed by atoms with Gasteiger partial charge < -0.3 is 4.74 Å². The van der Waals surface area contributed by atoms with Crippen molar-refractivity contribution in [2.45, 2.75) is 17.0 Å². The number of nitrogens with zero attached hydrogens (tertiary/aromatic N) is 2. The van der Waals surface area contributed by atoms with E-state index in [4.69, 9.17) is 4.74 Å². The summed E-state index contributed by atoms with van der Waals surface area (Å²) in [6.07, 6.45) is -1.57. The topological polar surface area (TPSA) is 63.0 Å². The molecule has 0 radical (unpaired) electrons. The van der Waals surface area contributed by atoms with Crippen LogP contribution in [0.5, 0.6) is 5.75 Å². The van der Waals surface area contributed by atoms with Crippen LogP contribution in [0.25, 0.3) is 17.2 Å². The third-order valence-corrected chi connectivity index (χ3v) is 7.20. The van der Waals surface area contributed by atoms with Gasteiger partial charge in [-0.1, -0.05) is 70.5 Å². The number of allylic oxidation sites excluding steroid dienone is 1. The third-order valence-electron chi connectivity index (χ3n) is 5.68. The summed E-state index contributed by atoms with van der Waals surface area (Å²) in [6.45, 7) is 0.